The molecule has 0 spiro atoms. The van der Waals surface area contributed by atoms with E-state index < -0.39 is 0 Å². The monoisotopic (exact) mass is 202 g/mol. The number of oxazole rings is 1. The number of aromatic nitrogens is 2. The largest absolute Gasteiger partial charge is 0.443 e. The lowest BCUT2D eigenvalue weighted by atomic mass is 10.2. The predicted octanol–water partition coefficient (Wildman–Crippen LogP) is 2.96. The first-order chi connectivity index (χ1) is 7.33. The molecule has 0 aliphatic heterocycles. The molecular weight excluding hydrogens is 195 g/mol. The fourth-order valence-corrected chi connectivity index (χ4v) is 1.58. The van der Waals surface area contributed by atoms with E-state index in [9.17, 15) is 4.39 Å². The molecule has 15 heavy (non-hydrogen) atoms. The van der Waals surface area contributed by atoms with E-state index in [1.807, 2.05) is 6.07 Å². The van der Waals surface area contributed by atoms with E-state index in [2.05, 4.69) is 9.97 Å². The van der Waals surface area contributed by atoms with Crippen LogP contribution < -0.4 is 0 Å². The van der Waals surface area contributed by atoms with Crippen molar-refractivity contribution in [3.05, 3.63) is 42.5 Å². The van der Waals surface area contributed by atoms with Gasteiger partial charge in [-0.2, -0.15) is 0 Å². The van der Waals surface area contributed by atoms with Gasteiger partial charge in [-0.15, -0.1) is 0 Å². The summed E-state index contributed by atoms with van der Waals surface area (Å²) in [4.78, 5) is 7.11. The molecule has 0 bridgehead atoms. The Bertz CT molecular complexity index is 598. The smallest absolute Gasteiger partial charge is 0.242 e. The van der Waals surface area contributed by atoms with Crippen molar-refractivity contribution in [1.82, 2.24) is 9.97 Å². The lowest BCUT2D eigenvalue weighted by molar-refractivity contribution is 0.572. The highest BCUT2D eigenvalue weighted by Gasteiger charge is 2.06. The zero-order chi connectivity index (χ0) is 10.3. The van der Waals surface area contributed by atoms with Crippen molar-refractivity contribution in [2.45, 2.75) is 0 Å². The van der Waals surface area contributed by atoms with Crippen molar-refractivity contribution < 1.29 is 8.81 Å². The third-order valence-electron chi connectivity index (χ3n) is 2.25. The Morgan fingerprint density at radius 1 is 1.27 bits per heavy atom. The van der Waals surface area contributed by atoms with Gasteiger partial charge in [-0.1, -0.05) is 0 Å². The lowest BCUT2D eigenvalue weighted by Crippen LogP contribution is -1.74. The minimum Gasteiger partial charge on any atom is -0.443 e. The first-order valence-corrected chi connectivity index (χ1v) is 4.51. The normalized spacial score (nSPS) is 11.0. The summed E-state index contributed by atoms with van der Waals surface area (Å²) in [5.74, 6) is 0.257. The highest BCUT2D eigenvalue weighted by atomic mass is 19.1. The Labute approximate surface area is 84.6 Å². The lowest BCUT2D eigenvalue weighted by Gasteiger charge is -1.88. The molecule has 0 unspecified atom stereocenters. The van der Waals surface area contributed by atoms with Gasteiger partial charge in [-0.3, -0.25) is 0 Å². The van der Waals surface area contributed by atoms with Crippen LogP contribution >= 0.6 is 0 Å². The number of H-pyrrole nitrogens is 1. The third-order valence-corrected chi connectivity index (χ3v) is 2.25. The van der Waals surface area contributed by atoms with E-state index in [1.54, 1.807) is 12.3 Å². The molecule has 2 heterocycles. The number of rotatable bonds is 1. The molecule has 0 amide bonds. The van der Waals surface area contributed by atoms with Crippen LogP contribution in [0.1, 0.15) is 0 Å². The summed E-state index contributed by atoms with van der Waals surface area (Å²) < 4.78 is 18.1. The molecule has 0 aliphatic carbocycles. The summed E-state index contributed by atoms with van der Waals surface area (Å²) in [6.45, 7) is 0. The van der Waals surface area contributed by atoms with Crippen LogP contribution in [-0.2, 0) is 0 Å². The first kappa shape index (κ1) is 8.23. The molecule has 3 nitrogen and oxygen atoms in total. The minimum atomic E-state index is -0.250. The van der Waals surface area contributed by atoms with Crippen LogP contribution in [0, 0.1) is 5.82 Å². The van der Waals surface area contributed by atoms with Crippen LogP contribution in [0.2, 0.25) is 0 Å². The van der Waals surface area contributed by atoms with Crippen LogP contribution in [0.15, 0.2) is 41.1 Å². The molecular formula is C11H7FN2O. The molecule has 1 N–H and O–H groups in total. The summed E-state index contributed by atoms with van der Waals surface area (Å²) in [7, 11) is 0. The standard InChI is InChI=1S/C11H7FN2O/c12-8-1-2-9-7(5-8)6-10(14-9)11-13-3-4-15-11/h1-6,14H. The van der Waals surface area contributed by atoms with Crippen LogP contribution in [0.4, 0.5) is 4.39 Å². The van der Waals surface area contributed by atoms with E-state index in [-0.39, 0.29) is 5.82 Å². The Hall–Kier alpha value is -2.10. The maximum Gasteiger partial charge on any atom is 0.242 e. The van der Waals surface area contributed by atoms with Crippen LogP contribution in [0.25, 0.3) is 22.5 Å². The average molecular weight is 202 g/mol. The van der Waals surface area contributed by atoms with Gasteiger partial charge in [0.25, 0.3) is 0 Å². The van der Waals surface area contributed by atoms with Crippen molar-refractivity contribution in [1.29, 1.82) is 0 Å². The van der Waals surface area contributed by atoms with Crippen molar-refractivity contribution in [3.63, 3.8) is 0 Å². The van der Waals surface area contributed by atoms with Crippen LogP contribution in [-0.4, -0.2) is 9.97 Å². The van der Waals surface area contributed by atoms with E-state index in [0.29, 0.717) is 5.89 Å². The second kappa shape index (κ2) is 2.95. The number of benzene rings is 1. The van der Waals surface area contributed by atoms with Crippen LogP contribution in [0.3, 0.4) is 0 Å². The highest BCUT2D eigenvalue weighted by Crippen LogP contribution is 2.23. The predicted molar refractivity (Wildman–Crippen MR) is 53.8 cm³/mol. The zero-order valence-corrected chi connectivity index (χ0v) is 7.70. The van der Waals surface area contributed by atoms with Gasteiger partial charge in [0.15, 0.2) is 0 Å². The summed E-state index contributed by atoms with van der Waals surface area (Å²) in [5, 5.41) is 0.809. The molecule has 0 radical (unpaired) electrons. The molecule has 0 atom stereocenters. The average Bonchev–Trinajstić information content (AvgIpc) is 2.84. The van der Waals surface area contributed by atoms with Crippen LogP contribution in [0.5, 0.6) is 0 Å². The molecule has 2 aromatic heterocycles. The summed E-state index contributed by atoms with van der Waals surface area (Å²) in [6.07, 6.45) is 3.07. The second-order valence-corrected chi connectivity index (χ2v) is 3.25. The molecule has 1 aromatic carbocycles. The molecule has 4 heteroatoms. The van der Waals surface area contributed by atoms with Gasteiger partial charge >= 0.3 is 0 Å². The number of fused-ring (bicyclic) bond motifs is 1. The van der Waals surface area contributed by atoms with Crippen molar-refractivity contribution in [2.24, 2.45) is 0 Å². The van der Waals surface area contributed by atoms with E-state index >= 15 is 0 Å². The molecule has 0 aliphatic rings. The molecule has 0 saturated heterocycles. The Morgan fingerprint density at radius 3 is 3.00 bits per heavy atom. The van der Waals surface area contributed by atoms with Gasteiger partial charge in [0.2, 0.25) is 5.89 Å². The Balaban J connectivity index is 2.22. The summed E-state index contributed by atoms with van der Waals surface area (Å²) in [6, 6.07) is 6.39. The van der Waals surface area contributed by atoms with E-state index in [0.717, 1.165) is 16.6 Å². The Kier molecular flexibility index (Phi) is 1.62. The third kappa shape index (κ3) is 1.30. The molecule has 3 aromatic rings. The van der Waals surface area contributed by atoms with Crippen molar-refractivity contribution in [2.75, 3.05) is 0 Å². The fraction of sp³-hybridized carbons (Fsp3) is 0. The van der Waals surface area contributed by atoms with Gasteiger partial charge < -0.3 is 9.40 Å². The second-order valence-electron chi connectivity index (χ2n) is 3.25. The number of halogens is 1. The van der Waals surface area contributed by atoms with Gasteiger partial charge in [0.1, 0.15) is 17.8 Å². The van der Waals surface area contributed by atoms with E-state index in [4.69, 9.17) is 4.42 Å². The SMILES string of the molecule is Fc1ccc2[nH]c(-c3ncco3)cc2c1. The number of hydrogen-bond donors (Lipinski definition) is 1. The van der Waals surface area contributed by atoms with Crippen molar-refractivity contribution >= 4 is 10.9 Å². The molecule has 0 saturated carbocycles. The minimum absolute atomic E-state index is 0.250. The van der Waals surface area contributed by atoms with Gasteiger partial charge in [0, 0.05) is 10.9 Å². The molecule has 0 fully saturated rings. The fourth-order valence-electron chi connectivity index (χ4n) is 1.58. The van der Waals surface area contributed by atoms with Gasteiger partial charge in [-0.05, 0) is 24.3 Å². The number of aromatic amines is 1. The maximum atomic E-state index is 12.9. The maximum absolute atomic E-state index is 12.9. The van der Waals surface area contributed by atoms with Gasteiger partial charge in [0.05, 0.1) is 6.20 Å². The molecule has 3 rings (SSSR count). The Morgan fingerprint density at radius 2 is 2.20 bits per heavy atom. The number of hydrogen-bond acceptors (Lipinski definition) is 2. The number of nitrogens with zero attached hydrogens (tertiary/aromatic N) is 1. The molecule has 74 valence electrons. The first-order valence-electron chi connectivity index (χ1n) is 4.51. The van der Waals surface area contributed by atoms with Gasteiger partial charge in [-0.25, -0.2) is 9.37 Å². The zero-order valence-electron chi connectivity index (χ0n) is 7.70. The topological polar surface area (TPSA) is 41.8 Å². The summed E-state index contributed by atoms with van der Waals surface area (Å²) >= 11 is 0. The van der Waals surface area contributed by atoms with E-state index in [1.165, 1.54) is 18.4 Å². The quantitative estimate of drug-likeness (QED) is 0.659. The number of nitrogens with one attached hydrogen (secondary N) is 1. The highest BCUT2D eigenvalue weighted by molar-refractivity contribution is 5.84. The summed E-state index contributed by atoms with van der Waals surface area (Å²) in [5.41, 5.74) is 1.62. The van der Waals surface area contributed by atoms with Crippen molar-refractivity contribution in [3.8, 4) is 11.6 Å².